The summed E-state index contributed by atoms with van der Waals surface area (Å²) in [5.41, 5.74) is 0.288. The van der Waals surface area contributed by atoms with Crippen molar-refractivity contribution in [3.63, 3.8) is 0 Å². The van der Waals surface area contributed by atoms with Gasteiger partial charge in [-0.3, -0.25) is 19.2 Å². The minimum atomic E-state index is -4.57. The number of halogens is 4. The summed E-state index contributed by atoms with van der Waals surface area (Å²) in [5, 5.41) is 11.2. The minimum absolute atomic E-state index is 0.0673. The summed E-state index contributed by atoms with van der Waals surface area (Å²) < 4.78 is 63.3. The number of allylic oxidation sites excluding steroid dienone is 2. The number of fused-ring (bicyclic) bond motifs is 1. The van der Waals surface area contributed by atoms with Gasteiger partial charge in [-0.2, -0.15) is 8.78 Å². The number of amides is 1. The molecule has 1 heterocycles. The number of hydrogen-bond acceptors (Lipinski definition) is 6. The van der Waals surface area contributed by atoms with Crippen LogP contribution in [0.15, 0.2) is 72.8 Å². The zero-order valence-electron chi connectivity index (χ0n) is 24.4. The lowest BCUT2D eigenvalue weighted by atomic mass is 9.83. The highest BCUT2D eigenvalue weighted by Crippen LogP contribution is 2.46. The van der Waals surface area contributed by atoms with Crippen molar-refractivity contribution in [2.45, 2.75) is 56.8 Å². The van der Waals surface area contributed by atoms with Crippen LogP contribution in [0.5, 0.6) is 5.75 Å². The third-order valence-corrected chi connectivity index (χ3v) is 7.91. The molecule has 0 atom stereocenters. The third kappa shape index (κ3) is 7.51. The number of ketones is 2. The summed E-state index contributed by atoms with van der Waals surface area (Å²) in [5.74, 6) is -3.57. The Kier molecular flexibility index (Phi) is 9.38. The van der Waals surface area contributed by atoms with Gasteiger partial charge in [-0.1, -0.05) is 55.7 Å². The van der Waals surface area contributed by atoms with Gasteiger partial charge in [0.25, 0.3) is 5.91 Å². The molecule has 0 aromatic heterocycles. The summed E-state index contributed by atoms with van der Waals surface area (Å²) in [6, 6.07) is 15.2. The molecule has 240 valence electrons. The first-order chi connectivity index (χ1) is 21.8. The molecule has 0 radical (unpaired) electrons. The van der Waals surface area contributed by atoms with Crippen molar-refractivity contribution in [2.75, 3.05) is 6.54 Å². The van der Waals surface area contributed by atoms with Gasteiger partial charge in [0.2, 0.25) is 0 Å². The first-order valence-electron chi connectivity index (χ1n) is 14.6. The van der Waals surface area contributed by atoms with Crippen LogP contribution in [-0.2, 0) is 15.6 Å². The van der Waals surface area contributed by atoms with Crippen LogP contribution in [0.3, 0.4) is 0 Å². The van der Waals surface area contributed by atoms with Gasteiger partial charge in [0.05, 0.1) is 12.0 Å². The maximum atomic E-state index is 14.4. The lowest BCUT2D eigenvalue weighted by Crippen LogP contribution is -2.41. The molecule has 0 saturated heterocycles. The Bertz CT molecular complexity index is 1680. The van der Waals surface area contributed by atoms with Crippen molar-refractivity contribution in [1.29, 1.82) is 0 Å². The van der Waals surface area contributed by atoms with Crippen LogP contribution < -0.4 is 10.1 Å². The predicted octanol–water partition coefficient (Wildman–Crippen LogP) is 7.10. The van der Waals surface area contributed by atoms with Crippen molar-refractivity contribution in [3.8, 4) is 5.75 Å². The Morgan fingerprint density at radius 2 is 1.43 bits per heavy atom. The number of carboxylic acids is 1. The summed E-state index contributed by atoms with van der Waals surface area (Å²) in [4.78, 5) is 50.3. The molecule has 46 heavy (non-hydrogen) atoms. The second-order valence-electron chi connectivity index (χ2n) is 11.1. The number of aliphatic carboxylic acids is 1. The van der Waals surface area contributed by atoms with E-state index in [0.29, 0.717) is 17.5 Å². The van der Waals surface area contributed by atoms with E-state index in [9.17, 15) is 36.7 Å². The maximum absolute atomic E-state index is 14.4. The molecule has 0 bridgehead atoms. The summed E-state index contributed by atoms with van der Waals surface area (Å²) >= 11 is 0. The van der Waals surface area contributed by atoms with Crippen molar-refractivity contribution < 1.29 is 51.3 Å². The van der Waals surface area contributed by atoms with Crippen LogP contribution in [0.4, 0.5) is 17.6 Å². The maximum Gasteiger partial charge on any atom is 0.540 e. The number of hydrogen-bond donors (Lipinski definition) is 2. The Hall–Kier alpha value is -4.84. The first-order valence-corrected chi connectivity index (χ1v) is 14.6. The summed E-state index contributed by atoms with van der Waals surface area (Å²) in [6.45, 7) is -0.0873. The zero-order chi connectivity index (χ0) is 33.1. The van der Waals surface area contributed by atoms with Crippen molar-refractivity contribution in [2.24, 2.45) is 0 Å². The summed E-state index contributed by atoms with van der Waals surface area (Å²) in [7, 11) is 0. The molecule has 1 fully saturated rings. The lowest BCUT2D eigenvalue weighted by molar-refractivity contribution is -0.461. The molecule has 3 aromatic carbocycles. The monoisotopic (exact) mass is 639 g/mol. The highest BCUT2D eigenvalue weighted by Gasteiger charge is 2.54. The van der Waals surface area contributed by atoms with E-state index in [1.807, 2.05) is 12.1 Å². The van der Waals surface area contributed by atoms with Crippen molar-refractivity contribution in [3.05, 3.63) is 106 Å². The van der Waals surface area contributed by atoms with Crippen LogP contribution >= 0.6 is 0 Å². The Balaban J connectivity index is 1.46. The molecule has 0 spiro atoms. The summed E-state index contributed by atoms with van der Waals surface area (Å²) in [6.07, 6.45) is -2.81. The highest BCUT2D eigenvalue weighted by atomic mass is 19.3. The Morgan fingerprint density at radius 3 is 2.09 bits per heavy atom. The molecule has 1 amide bonds. The van der Waals surface area contributed by atoms with Crippen LogP contribution in [0.25, 0.3) is 5.57 Å². The molecule has 12 heteroatoms. The molecule has 5 rings (SSSR count). The molecular formula is C34H29F4NO7. The number of alkyl halides is 4. The number of benzene rings is 3. The number of carbonyl (C=O) groups is 4. The van der Waals surface area contributed by atoms with E-state index >= 15 is 0 Å². The molecule has 1 saturated carbocycles. The Morgan fingerprint density at radius 1 is 0.826 bits per heavy atom. The SMILES string of the molecule is O=C(O)CCNC(=O)c1ccc(C(=O)/C(=C\C(=O)c2ccc3c(c2)C(F)(F)OC(F)(F)O3)c2ccc(C3CCCCC3)cc2)cc1. The number of rotatable bonds is 10. The number of carbonyl (C=O) groups excluding carboxylic acids is 3. The van der Waals surface area contributed by atoms with Gasteiger partial charge in [-0.25, -0.2) is 4.74 Å². The van der Waals surface area contributed by atoms with Gasteiger partial charge in [0.15, 0.2) is 11.6 Å². The van der Waals surface area contributed by atoms with Gasteiger partial charge in [0, 0.05) is 28.8 Å². The van der Waals surface area contributed by atoms with Crippen LogP contribution in [-0.4, -0.2) is 41.4 Å². The quantitative estimate of drug-likeness (QED) is 0.138. The predicted molar refractivity (Wildman–Crippen MR) is 157 cm³/mol. The fourth-order valence-corrected chi connectivity index (χ4v) is 5.53. The zero-order valence-corrected chi connectivity index (χ0v) is 24.4. The second-order valence-corrected chi connectivity index (χ2v) is 11.1. The Labute approximate surface area is 261 Å². The molecule has 3 aromatic rings. The van der Waals surface area contributed by atoms with E-state index in [0.717, 1.165) is 49.5 Å². The molecule has 0 unspecified atom stereocenters. The smallest absolute Gasteiger partial charge is 0.481 e. The van der Waals surface area contributed by atoms with Crippen molar-refractivity contribution in [1.82, 2.24) is 5.32 Å². The van der Waals surface area contributed by atoms with E-state index in [4.69, 9.17) is 5.11 Å². The van der Waals surface area contributed by atoms with Gasteiger partial charge in [0.1, 0.15) is 5.75 Å². The molecule has 2 aliphatic rings. The van der Waals surface area contributed by atoms with E-state index in [1.54, 1.807) is 12.1 Å². The average molecular weight is 640 g/mol. The first kappa shape index (κ1) is 32.6. The fourth-order valence-electron chi connectivity index (χ4n) is 5.53. The molecule has 8 nitrogen and oxygen atoms in total. The van der Waals surface area contributed by atoms with Gasteiger partial charge in [-0.15, -0.1) is 8.78 Å². The third-order valence-electron chi connectivity index (χ3n) is 7.91. The number of ether oxygens (including phenoxy) is 2. The largest absolute Gasteiger partial charge is 0.540 e. The van der Waals surface area contributed by atoms with Crippen molar-refractivity contribution >= 4 is 29.0 Å². The normalized spacial score (nSPS) is 17.3. The molecule has 1 aliphatic carbocycles. The van der Waals surface area contributed by atoms with Gasteiger partial charge < -0.3 is 15.2 Å². The van der Waals surface area contributed by atoms with E-state index in [2.05, 4.69) is 14.8 Å². The molecule has 2 N–H and O–H groups in total. The van der Waals surface area contributed by atoms with Gasteiger partial charge in [-0.05, 0) is 66.3 Å². The standard InChI is InChI=1S/C34H29F4NO7/c35-33(36)27-18-25(14-15-29(27)45-34(37,38)46-33)28(40)19-26(22-8-6-21(7-9-22)20-4-2-1-3-5-20)31(43)23-10-12-24(13-11-23)32(44)39-17-16-30(41)42/h6-15,18-20H,1-5,16-17H2,(H,39,44)(H,41,42)/b26-19-. The fraction of sp³-hybridized carbons (Fsp3) is 0.294. The van der Waals surface area contributed by atoms with E-state index < -0.39 is 47.2 Å². The van der Waals surface area contributed by atoms with Crippen LogP contribution in [0.1, 0.15) is 92.2 Å². The minimum Gasteiger partial charge on any atom is -0.481 e. The highest BCUT2D eigenvalue weighted by molar-refractivity contribution is 6.32. The van der Waals surface area contributed by atoms with Crippen LogP contribution in [0, 0.1) is 0 Å². The molecular weight excluding hydrogens is 610 g/mol. The average Bonchev–Trinajstić information content (AvgIpc) is 3.02. The van der Waals surface area contributed by atoms with E-state index in [-0.39, 0.29) is 35.2 Å². The second kappa shape index (κ2) is 13.3. The topological polar surface area (TPSA) is 119 Å². The van der Waals surface area contributed by atoms with E-state index in [1.165, 1.54) is 30.7 Å². The van der Waals surface area contributed by atoms with Crippen LogP contribution in [0.2, 0.25) is 0 Å². The lowest BCUT2D eigenvalue weighted by Gasteiger charge is -2.30. The number of Topliss-reactive ketones (excluding diaryl/α,β-unsaturated/α-hetero) is 1. The number of carboxylic acid groups (broad SMARTS) is 1. The molecule has 1 aliphatic heterocycles. The number of nitrogens with one attached hydrogen (secondary N) is 1. The van der Waals surface area contributed by atoms with Gasteiger partial charge >= 0.3 is 18.4 Å².